The molecule has 1 aliphatic rings. The van der Waals surface area contributed by atoms with Gasteiger partial charge in [0, 0.05) is 12.1 Å². The monoisotopic (exact) mass is 334 g/mol. The number of rotatable bonds is 3. The minimum atomic E-state index is -0.875. The molecule has 23 heavy (non-hydrogen) atoms. The number of nitrogens with one attached hydrogen (secondary N) is 1. The van der Waals surface area contributed by atoms with Crippen molar-refractivity contribution in [2.75, 3.05) is 11.9 Å². The van der Waals surface area contributed by atoms with Crippen molar-refractivity contribution in [1.82, 2.24) is 0 Å². The van der Waals surface area contributed by atoms with E-state index in [2.05, 4.69) is 5.32 Å². The zero-order valence-corrected chi connectivity index (χ0v) is 12.4. The summed E-state index contributed by atoms with van der Waals surface area (Å²) in [5.74, 6) is 0.524. The molecule has 7 nitrogen and oxygen atoms in total. The van der Waals surface area contributed by atoms with Gasteiger partial charge in [-0.3, -0.25) is 14.9 Å². The molecule has 2 aromatic carbocycles. The van der Waals surface area contributed by atoms with Crippen molar-refractivity contribution < 1.29 is 19.2 Å². The summed E-state index contributed by atoms with van der Waals surface area (Å²) in [4.78, 5) is 22.5. The van der Waals surface area contributed by atoms with Crippen LogP contribution in [-0.2, 0) is 4.79 Å². The van der Waals surface area contributed by atoms with Crippen molar-refractivity contribution in [3.05, 3.63) is 57.6 Å². The number of nitro benzene ring substituents is 1. The molecule has 8 heteroatoms. The van der Waals surface area contributed by atoms with Gasteiger partial charge in [0.2, 0.25) is 6.10 Å². The summed E-state index contributed by atoms with van der Waals surface area (Å²) in [5.41, 5.74) is -0.0239. The molecule has 3 rings (SSSR count). The quantitative estimate of drug-likeness (QED) is 0.688. The lowest BCUT2D eigenvalue weighted by Crippen LogP contribution is -2.40. The van der Waals surface area contributed by atoms with Gasteiger partial charge in [-0.15, -0.1) is 0 Å². The number of benzene rings is 2. The van der Waals surface area contributed by atoms with Crippen LogP contribution in [0.1, 0.15) is 0 Å². The molecule has 2 aromatic rings. The number of anilines is 1. The number of carbonyl (C=O) groups excluding carboxylic acids is 1. The Morgan fingerprint density at radius 3 is 2.74 bits per heavy atom. The molecular formula is C15H11ClN2O5. The van der Waals surface area contributed by atoms with E-state index < -0.39 is 16.9 Å². The second kappa shape index (κ2) is 6.13. The third-order valence-corrected chi connectivity index (χ3v) is 3.55. The highest BCUT2D eigenvalue weighted by Gasteiger charge is 2.28. The molecular weight excluding hydrogens is 324 g/mol. The van der Waals surface area contributed by atoms with Gasteiger partial charge in [0.25, 0.3) is 11.6 Å². The summed E-state index contributed by atoms with van der Waals surface area (Å²) in [6.45, 7) is 0.0371. The van der Waals surface area contributed by atoms with Crippen LogP contribution in [-0.4, -0.2) is 23.5 Å². The van der Waals surface area contributed by atoms with Gasteiger partial charge in [-0.05, 0) is 18.2 Å². The van der Waals surface area contributed by atoms with E-state index in [4.69, 9.17) is 21.1 Å². The predicted molar refractivity (Wildman–Crippen MR) is 83.1 cm³/mol. The summed E-state index contributed by atoms with van der Waals surface area (Å²) in [5, 5.41) is 13.5. The summed E-state index contributed by atoms with van der Waals surface area (Å²) in [7, 11) is 0. The third-order valence-electron chi connectivity index (χ3n) is 3.22. The Morgan fingerprint density at radius 1 is 1.26 bits per heavy atom. The van der Waals surface area contributed by atoms with Crippen LogP contribution in [0.2, 0.25) is 5.02 Å². The fourth-order valence-corrected chi connectivity index (χ4v) is 2.25. The van der Waals surface area contributed by atoms with Crippen LogP contribution in [0.4, 0.5) is 11.4 Å². The lowest BCUT2D eigenvalue weighted by Gasteiger charge is -2.25. The van der Waals surface area contributed by atoms with Gasteiger partial charge in [-0.2, -0.15) is 0 Å². The molecule has 1 amide bonds. The number of para-hydroxylation sites is 2. The van der Waals surface area contributed by atoms with Gasteiger partial charge in [0.15, 0.2) is 11.5 Å². The van der Waals surface area contributed by atoms with E-state index in [1.807, 2.05) is 0 Å². The van der Waals surface area contributed by atoms with E-state index in [9.17, 15) is 14.9 Å². The van der Waals surface area contributed by atoms with Crippen LogP contribution in [0.3, 0.4) is 0 Å². The van der Waals surface area contributed by atoms with Crippen molar-refractivity contribution in [1.29, 1.82) is 0 Å². The Labute approximate surface area is 135 Å². The molecule has 0 saturated heterocycles. The summed E-state index contributed by atoms with van der Waals surface area (Å²) >= 11 is 5.96. The highest BCUT2D eigenvalue weighted by atomic mass is 35.5. The zero-order valence-electron chi connectivity index (χ0n) is 11.7. The third kappa shape index (κ3) is 3.19. The summed E-state index contributed by atoms with van der Waals surface area (Å²) in [6, 6.07) is 10.8. The Kier molecular flexibility index (Phi) is 4.03. The van der Waals surface area contributed by atoms with Crippen LogP contribution in [0.25, 0.3) is 0 Å². The molecule has 1 heterocycles. The average Bonchev–Trinajstić information content (AvgIpc) is 2.56. The molecule has 1 N–H and O–H groups in total. The SMILES string of the molecule is O=C(Nc1cc([N+](=O)[O-])ccc1Cl)C1COc2ccccc2O1. The molecule has 0 saturated carbocycles. The number of hydrogen-bond donors (Lipinski definition) is 1. The van der Waals surface area contributed by atoms with Crippen molar-refractivity contribution in [2.45, 2.75) is 6.10 Å². The zero-order chi connectivity index (χ0) is 16.4. The predicted octanol–water partition coefficient (Wildman–Crippen LogP) is 3.03. The van der Waals surface area contributed by atoms with Gasteiger partial charge < -0.3 is 14.8 Å². The molecule has 1 unspecified atom stereocenters. The topological polar surface area (TPSA) is 90.7 Å². The maximum atomic E-state index is 12.3. The number of non-ortho nitro benzene ring substituents is 1. The standard InChI is InChI=1S/C15H11ClN2O5/c16-10-6-5-9(18(20)21)7-11(10)17-15(19)14-8-22-12-3-1-2-4-13(12)23-14/h1-7,14H,8H2,(H,17,19). The number of carbonyl (C=O) groups is 1. The first-order valence-electron chi connectivity index (χ1n) is 6.68. The first-order chi connectivity index (χ1) is 11.0. The van der Waals surface area contributed by atoms with Gasteiger partial charge in [0.1, 0.15) is 6.61 Å². The Morgan fingerprint density at radius 2 is 2.00 bits per heavy atom. The van der Waals surface area contributed by atoms with E-state index in [0.29, 0.717) is 11.5 Å². The van der Waals surface area contributed by atoms with Gasteiger partial charge in [0.05, 0.1) is 15.6 Å². The van der Waals surface area contributed by atoms with E-state index in [1.54, 1.807) is 24.3 Å². The lowest BCUT2D eigenvalue weighted by molar-refractivity contribution is -0.384. The van der Waals surface area contributed by atoms with Crippen molar-refractivity contribution in [3.8, 4) is 11.5 Å². The second-order valence-corrected chi connectivity index (χ2v) is 5.18. The molecule has 0 spiro atoms. The first-order valence-corrected chi connectivity index (χ1v) is 7.05. The number of nitrogens with zero attached hydrogens (tertiary/aromatic N) is 1. The molecule has 0 aliphatic carbocycles. The average molecular weight is 335 g/mol. The lowest BCUT2D eigenvalue weighted by atomic mass is 10.2. The van der Waals surface area contributed by atoms with E-state index in [1.165, 1.54) is 18.2 Å². The van der Waals surface area contributed by atoms with Gasteiger partial charge in [-0.1, -0.05) is 23.7 Å². The van der Waals surface area contributed by atoms with E-state index in [-0.39, 0.29) is 23.0 Å². The number of halogens is 1. The molecule has 0 bridgehead atoms. The van der Waals surface area contributed by atoms with Crippen LogP contribution < -0.4 is 14.8 Å². The second-order valence-electron chi connectivity index (χ2n) is 4.77. The first kappa shape index (κ1) is 15.1. The summed E-state index contributed by atoms with van der Waals surface area (Å²) < 4.78 is 11.0. The fraction of sp³-hybridized carbons (Fsp3) is 0.133. The maximum Gasteiger partial charge on any atom is 0.271 e. The van der Waals surface area contributed by atoms with Crippen LogP contribution in [0.5, 0.6) is 11.5 Å². The maximum absolute atomic E-state index is 12.3. The number of ether oxygens (including phenoxy) is 2. The van der Waals surface area contributed by atoms with Crippen LogP contribution >= 0.6 is 11.6 Å². The Balaban J connectivity index is 1.75. The normalized spacial score (nSPS) is 15.8. The highest BCUT2D eigenvalue weighted by molar-refractivity contribution is 6.33. The van der Waals surface area contributed by atoms with Gasteiger partial charge >= 0.3 is 0 Å². The minimum absolute atomic E-state index is 0.0371. The molecule has 0 fully saturated rings. The van der Waals surface area contributed by atoms with E-state index >= 15 is 0 Å². The van der Waals surface area contributed by atoms with Crippen LogP contribution in [0.15, 0.2) is 42.5 Å². The fourth-order valence-electron chi connectivity index (χ4n) is 2.08. The van der Waals surface area contributed by atoms with Crippen molar-refractivity contribution in [3.63, 3.8) is 0 Å². The van der Waals surface area contributed by atoms with Crippen molar-refractivity contribution in [2.24, 2.45) is 0 Å². The smallest absolute Gasteiger partial charge is 0.271 e. The highest BCUT2D eigenvalue weighted by Crippen LogP contribution is 2.32. The largest absolute Gasteiger partial charge is 0.485 e. The minimum Gasteiger partial charge on any atom is -0.485 e. The number of fused-ring (bicyclic) bond motifs is 1. The summed E-state index contributed by atoms with van der Waals surface area (Å²) in [6.07, 6.45) is -0.875. The van der Waals surface area contributed by atoms with E-state index in [0.717, 1.165) is 0 Å². The number of hydrogen-bond acceptors (Lipinski definition) is 5. The van der Waals surface area contributed by atoms with Crippen LogP contribution in [0, 0.1) is 10.1 Å². The molecule has 1 atom stereocenters. The number of nitro groups is 1. The number of amides is 1. The Hall–Kier alpha value is -2.80. The molecule has 0 radical (unpaired) electrons. The molecule has 1 aliphatic heterocycles. The Bertz CT molecular complexity index is 780. The molecule has 0 aromatic heterocycles. The van der Waals surface area contributed by atoms with Crippen molar-refractivity contribution >= 4 is 28.9 Å². The molecule has 118 valence electrons. The van der Waals surface area contributed by atoms with Gasteiger partial charge in [-0.25, -0.2) is 0 Å².